The Bertz CT molecular complexity index is 1090. The second kappa shape index (κ2) is 10.3. The Morgan fingerprint density at radius 2 is 1.72 bits per heavy atom. The van der Waals surface area contributed by atoms with Crippen LogP contribution in [0.1, 0.15) is 37.9 Å². The van der Waals surface area contributed by atoms with Gasteiger partial charge >= 0.3 is 0 Å². The van der Waals surface area contributed by atoms with E-state index in [0.29, 0.717) is 31.1 Å². The molecule has 0 saturated carbocycles. The maximum Gasteiger partial charge on any atom is 0.271 e. The van der Waals surface area contributed by atoms with Crippen LogP contribution >= 0.6 is 11.3 Å². The largest absolute Gasteiger partial charge is 0.467 e. The van der Waals surface area contributed by atoms with Gasteiger partial charge in [0.05, 0.1) is 19.4 Å². The Balaban J connectivity index is 1.44. The molecule has 0 atom stereocenters. The lowest BCUT2D eigenvalue weighted by atomic mass is 10.1. The summed E-state index contributed by atoms with van der Waals surface area (Å²) in [4.78, 5) is 19.2. The molecule has 2 heterocycles. The monoisotopic (exact) mass is 449 g/mol. The van der Waals surface area contributed by atoms with E-state index in [1.165, 1.54) is 34.6 Å². The third kappa shape index (κ3) is 6.12. The molecule has 0 saturated heterocycles. The van der Waals surface area contributed by atoms with Gasteiger partial charge in [-0.15, -0.1) is 11.3 Å². The fourth-order valence-corrected chi connectivity index (χ4v) is 4.13. The number of amides is 1. The van der Waals surface area contributed by atoms with Crippen molar-refractivity contribution in [3.8, 4) is 0 Å². The van der Waals surface area contributed by atoms with Crippen LogP contribution in [-0.4, -0.2) is 15.8 Å². The lowest BCUT2D eigenvalue weighted by molar-refractivity contribution is 0.0943. The minimum Gasteiger partial charge on any atom is -0.467 e. The van der Waals surface area contributed by atoms with Crippen molar-refractivity contribution in [2.45, 2.75) is 33.1 Å². The van der Waals surface area contributed by atoms with E-state index < -0.39 is 0 Å². The smallest absolute Gasteiger partial charge is 0.271 e. The molecule has 0 fully saturated rings. The van der Waals surface area contributed by atoms with Crippen molar-refractivity contribution in [2.75, 3.05) is 0 Å². The lowest BCUT2D eigenvalue weighted by Gasteiger charge is -2.21. The van der Waals surface area contributed by atoms with Gasteiger partial charge in [0.25, 0.3) is 5.91 Å². The summed E-state index contributed by atoms with van der Waals surface area (Å²) in [6.45, 7) is 4.34. The van der Waals surface area contributed by atoms with Crippen LogP contribution in [0.5, 0.6) is 0 Å². The number of nitrogens with zero attached hydrogens (tertiary/aromatic N) is 2. The summed E-state index contributed by atoms with van der Waals surface area (Å²) in [5, 5.41) is 5.44. The summed E-state index contributed by atoms with van der Waals surface area (Å²) in [6, 6.07) is 18.6. The Kier molecular flexibility index (Phi) is 7.09. The van der Waals surface area contributed by atoms with Crippen molar-refractivity contribution in [1.82, 2.24) is 15.2 Å². The number of nitrogens with one attached hydrogen (secondary N) is 1. The van der Waals surface area contributed by atoms with Gasteiger partial charge in [0, 0.05) is 18.5 Å². The molecular weight excluding hydrogens is 425 g/mol. The number of furan rings is 1. The molecule has 5 nitrogen and oxygen atoms in total. The molecule has 0 radical (unpaired) electrons. The van der Waals surface area contributed by atoms with Crippen LogP contribution < -0.4 is 5.32 Å². The van der Waals surface area contributed by atoms with E-state index in [9.17, 15) is 9.18 Å². The molecule has 1 N–H and O–H groups in total. The van der Waals surface area contributed by atoms with Crippen molar-refractivity contribution in [1.29, 1.82) is 0 Å². The van der Waals surface area contributed by atoms with Gasteiger partial charge in [-0.25, -0.2) is 9.37 Å². The zero-order valence-electron chi connectivity index (χ0n) is 17.8. The van der Waals surface area contributed by atoms with Crippen LogP contribution in [0.2, 0.25) is 0 Å². The lowest BCUT2D eigenvalue weighted by Crippen LogP contribution is -2.24. The van der Waals surface area contributed by atoms with Gasteiger partial charge in [-0.05, 0) is 42.3 Å². The Labute approximate surface area is 190 Å². The van der Waals surface area contributed by atoms with Gasteiger partial charge in [-0.3, -0.25) is 9.69 Å². The third-order valence-electron chi connectivity index (χ3n) is 4.99. The predicted octanol–water partition coefficient (Wildman–Crippen LogP) is 5.32. The highest BCUT2D eigenvalue weighted by molar-refractivity contribution is 7.09. The molecule has 0 bridgehead atoms. The van der Waals surface area contributed by atoms with E-state index in [4.69, 9.17) is 4.42 Å². The number of aromatic nitrogens is 1. The van der Waals surface area contributed by atoms with Crippen molar-refractivity contribution < 1.29 is 13.6 Å². The SMILES string of the molecule is Cc1ccc(CN(Cc2ccc(F)cc2)Cc2nc(C(=O)NCc3ccco3)cs2)cc1. The normalized spacial score (nSPS) is 11.1. The van der Waals surface area contributed by atoms with E-state index in [1.54, 1.807) is 29.8 Å². The van der Waals surface area contributed by atoms with Crippen LogP contribution in [0.4, 0.5) is 4.39 Å². The van der Waals surface area contributed by atoms with Crippen LogP contribution in [-0.2, 0) is 26.2 Å². The Morgan fingerprint density at radius 1 is 1.03 bits per heavy atom. The summed E-state index contributed by atoms with van der Waals surface area (Å²) in [5.74, 6) is 0.217. The molecule has 164 valence electrons. The zero-order valence-corrected chi connectivity index (χ0v) is 18.6. The molecule has 2 aromatic heterocycles. The Morgan fingerprint density at radius 3 is 2.38 bits per heavy atom. The molecule has 0 aliphatic rings. The van der Waals surface area contributed by atoms with Gasteiger partial charge in [0.15, 0.2) is 0 Å². The van der Waals surface area contributed by atoms with Crippen LogP contribution in [0.25, 0.3) is 0 Å². The van der Waals surface area contributed by atoms with Crippen molar-refractivity contribution in [3.05, 3.63) is 111 Å². The molecule has 1 amide bonds. The molecule has 0 unspecified atom stereocenters. The third-order valence-corrected chi connectivity index (χ3v) is 5.83. The minimum absolute atomic E-state index is 0.229. The van der Waals surface area contributed by atoms with Crippen LogP contribution in [0, 0.1) is 12.7 Å². The quantitative estimate of drug-likeness (QED) is 0.376. The first-order valence-electron chi connectivity index (χ1n) is 10.3. The summed E-state index contributed by atoms with van der Waals surface area (Å²) in [5.41, 5.74) is 3.81. The molecule has 2 aromatic carbocycles. The molecule has 4 aromatic rings. The van der Waals surface area contributed by atoms with Gasteiger partial charge in [0.2, 0.25) is 0 Å². The standard InChI is InChI=1S/C25H24FN3O2S/c1-18-4-6-19(7-5-18)14-29(15-20-8-10-21(26)11-9-20)16-24-28-23(17-32-24)25(30)27-13-22-3-2-12-31-22/h2-12,17H,13-16H2,1H3,(H,27,30). The first-order valence-corrected chi connectivity index (χ1v) is 11.2. The Hall–Kier alpha value is -3.29. The number of hydrogen-bond donors (Lipinski definition) is 1. The van der Waals surface area contributed by atoms with Crippen LogP contribution in [0.15, 0.2) is 76.7 Å². The predicted molar refractivity (Wildman–Crippen MR) is 123 cm³/mol. The molecule has 32 heavy (non-hydrogen) atoms. The molecule has 7 heteroatoms. The fraction of sp³-hybridized carbons (Fsp3) is 0.200. The maximum atomic E-state index is 13.3. The fourth-order valence-electron chi connectivity index (χ4n) is 3.32. The van der Waals surface area contributed by atoms with Gasteiger partial charge < -0.3 is 9.73 Å². The van der Waals surface area contributed by atoms with E-state index in [-0.39, 0.29) is 11.7 Å². The highest BCUT2D eigenvalue weighted by Gasteiger charge is 2.15. The maximum absolute atomic E-state index is 13.3. The summed E-state index contributed by atoms with van der Waals surface area (Å²) >= 11 is 1.46. The summed E-state index contributed by atoms with van der Waals surface area (Å²) < 4.78 is 18.6. The number of aryl methyl sites for hydroxylation is 1. The highest BCUT2D eigenvalue weighted by atomic mass is 32.1. The van der Waals surface area contributed by atoms with Crippen molar-refractivity contribution >= 4 is 17.2 Å². The molecule has 0 aliphatic carbocycles. The molecule has 0 aliphatic heterocycles. The summed E-state index contributed by atoms with van der Waals surface area (Å²) in [7, 11) is 0. The van der Waals surface area contributed by atoms with Gasteiger partial charge in [0.1, 0.15) is 22.3 Å². The number of benzene rings is 2. The second-order valence-corrected chi connectivity index (χ2v) is 8.59. The number of thiazole rings is 1. The first-order chi connectivity index (χ1) is 15.5. The van der Waals surface area contributed by atoms with E-state index in [1.807, 2.05) is 6.07 Å². The molecule has 0 spiro atoms. The van der Waals surface area contributed by atoms with Crippen molar-refractivity contribution in [3.63, 3.8) is 0 Å². The van der Waals surface area contributed by atoms with Crippen LogP contribution in [0.3, 0.4) is 0 Å². The average Bonchev–Trinajstić information content (AvgIpc) is 3.47. The number of rotatable bonds is 9. The first kappa shape index (κ1) is 21.9. The number of carbonyl (C=O) groups is 1. The molecular formula is C25H24FN3O2S. The summed E-state index contributed by atoms with van der Waals surface area (Å²) in [6.07, 6.45) is 1.58. The second-order valence-electron chi connectivity index (χ2n) is 7.65. The topological polar surface area (TPSA) is 58.4 Å². The van der Waals surface area contributed by atoms with E-state index >= 15 is 0 Å². The van der Waals surface area contributed by atoms with E-state index in [0.717, 1.165) is 17.1 Å². The van der Waals surface area contributed by atoms with Gasteiger partial charge in [-0.1, -0.05) is 42.0 Å². The average molecular weight is 450 g/mol. The number of hydrogen-bond acceptors (Lipinski definition) is 5. The minimum atomic E-state index is -0.246. The number of halogens is 1. The highest BCUT2D eigenvalue weighted by Crippen LogP contribution is 2.18. The number of carbonyl (C=O) groups excluding carboxylic acids is 1. The molecule has 4 rings (SSSR count). The van der Waals surface area contributed by atoms with Gasteiger partial charge in [-0.2, -0.15) is 0 Å². The van der Waals surface area contributed by atoms with Crippen molar-refractivity contribution in [2.24, 2.45) is 0 Å². The zero-order chi connectivity index (χ0) is 22.3. The van der Waals surface area contributed by atoms with E-state index in [2.05, 4.69) is 46.4 Å².